The standard InChI is InChI=1S/C19H28N4O6/c1-19(2,3)22(18(25)26)13-7-6-8-21(11-13)17(24)12-9-14(23(27)28)16(20-4)15(10-12)29-5/h9-10,13,20H,6-8,11H2,1-5H3,(H,25,26). The lowest BCUT2D eigenvalue weighted by molar-refractivity contribution is -0.384. The number of hydrogen-bond donors (Lipinski definition) is 2. The van der Waals surface area contributed by atoms with Crippen LogP contribution in [0.4, 0.5) is 16.2 Å². The number of hydrogen-bond acceptors (Lipinski definition) is 6. The summed E-state index contributed by atoms with van der Waals surface area (Å²) >= 11 is 0. The van der Waals surface area contributed by atoms with Gasteiger partial charge in [-0.2, -0.15) is 0 Å². The third-order valence-electron chi connectivity index (χ3n) is 4.97. The minimum absolute atomic E-state index is 0.130. The molecule has 1 aliphatic heterocycles. The number of ether oxygens (including phenoxy) is 1. The highest BCUT2D eigenvalue weighted by Crippen LogP contribution is 2.36. The molecule has 29 heavy (non-hydrogen) atoms. The van der Waals surface area contributed by atoms with Crippen LogP contribution in [-0.2, 0) is 0 Å². The summed E-state index contributed by atoms with van der Waals surface area (Å²) in [5.74, 6) is -0.196. The molecule has 0 bridgehead atoms. The molecule has 0 saturated carbocycles. The molecule has 0 aromatic heterocycles. The van der Waals surface area contributed by atoms with Gasteiger partial charge in [0, 0.05) is 31.7 Å². The van der Waals surface area contributed by atoms with Gasteiger partial charge in [0.15, 0.2) is 5.69 Å². The van der Waals surface area contributed by atoms with Crippen molar-refractivity contribution in [3.05, 3.63) is 27.8 Å². The van der Waals surface area contributed by atoms with E-state index in [4.69, 9.17) is 4.74 Å². The zero-order valence-corrected chi connectivity index (χ0v) is 17.4. The lowest BCUT2D eigenvalue weighted by atomic mass is 9.97. The summed E-state index contributed by atoms with van der Waals surface area (Å²) in [5, 5.41) is 23.8. The van der Waals surface area contributed by atoms with Crippen molar-refractivity contribution in [1.29, 1.82) is 0 Å². The van der Waals surface area contributed by atoms with Crippen LogP contribution >= 0.6 is 0 Å². The van der Waals surface area contributed by atoms with Gasteiger partial charge in [0.2, 0.25) is 0 Å². The zero-order valence-electron chi connectivity index (χ0n) is 17.4. The van der Waals surface area contributed by atoms with Crippen molar-refractivity contribution >= 4 is 23.4 Å². The second kappa shape index (κ2) is 8.54. The smallest absolute Gasteiger partial charge is 0.408 e. The number of amides is 2. The zero-order chi connectivity index (χ0) is 21.9. The molecule has 1 aromatic carbocycles. The van der Waals surface area contributed by atoms with E-state index in [1.807, 2.05) is 20.8 Å². The number of piperidine rings is 1. The SMILES string of the molecule is CNc1c(OC)cc(C(=O)N2CCCC(N(C(=O)O)C(C)(C)C)C2)cc1[N+](=O)[O-]. The topological polar surface area (TPSA) is 125 Å². The number of nitro groups is 1. The Balaban J connectivity index is 2.36. The Kier molecular flexibility index (Phi) is 6.55. The van der Waals surface area contributed by atoms with Crippen molar-refractivity contribution in [1.82, 2.24) is 9.80 Å². The largest absolute Gasteiger partial charge is 0.494 e. The van der Waals surface area contributed by atoms with Gasteiger partial charge in [0.25, 0.3) is 11.6 Å². The van der Waals surface area contributed by atoms with E-state index >= 15 is 0 Å². The lowest BCUT2D eigenvalue weighted by Gasteiger charge is -2.44. The molecule has 1 atom stereocenters. The molecule has 2 rings (SSSR count). The number of carbonyl (C=O) groups is 2. The molecule has 1 heterocycles. The molecule has 1 saturated heterocycles. The first kappa shape index (κ1) is 22.3. The number of nitro benzene ring substituents is 1. The molecule has 2 amide bonds. The first-order valence-electron chi connectivity index (χ1n) is 9.37. The number of anilines is 1. The van der Waals surface area contributed by atoms with Crippen LogP contribution in [0, 0.1) is 10.1 Å². The molecular formula is C19H28N4O6. The second-order valence-corrected chi connectivity index (χ2v) is 7.95. The van der Waals surface area contributed by atoms with Crippen molar-refractivity contribution < 1.29 is 24.4 Å². The molecule has 1 aromatic rings. The molecule has 1 unspecified atom stereocenters. The van der Waals surface area contributed by atoms with E-state index in [1.165, 1.54) is 31.2 Å². The Morgan fingerprint density at radius 2 is 2.03 bits per heavy atom. The Morgan fingerprint density at radius 1 is 1.38 bits per heavy atom. The molecule has 0 spiro atoms. The van der Waals surface area contributed by atoms with Gasteiger partial charge >= 0.3 is 6.09 Å². The van der Waals surface area contributed by atoms with Crippen LogP contribution in [0.5, 0.6) is 5.75 Å². The van der Waals surface area contributed by atoms with Gasteiger partial charge in [0.1, 0.15) is 5.75 Å². The summed E-state index contributed by atoms with van der Waals surface area (Å²) in [7, 11) is 2.91. The average molecular weight is 408 g/mol. The van der Waals surface area contributed by atoms with Crippen LogP contribution in [0.2, 0.25) is 0 Å². The summed E-state index contributed by atoms with van der Waals surface area (Å²) in [5.41, 5.74) is -0.550. The van der Waals surface area contributed by atoms with Crippen LogP contribution in [0.1, 0.15) is 44.0 Å². The van der Waals surface area contributed by atoms with E-state index in [0.717, 1.165) is 0 Å². The fourth-order valence-corrected chi connectivity index (χ4v) is 3.80. The number of nitrogens with one attached hydrogen (secondary N) is 1. The van der Waals surface area contributed by atoms with Crippen LogP contribution in [-0.4, -0.2) is 70.7 Å². The number of nitrogens with zero attached hydrogens (tertiary/aromatic N) is 3. The van der Waals surface area contributed by atoms with Gasteiger partial charge in [-0.3, -0.25) is 19.8 Å². The maximum Gasteiger partial charge on any atom is 0.408 e. The van der Waals surface area contributed by atoms with E-state index in [1.54, 1.807) is 4.90 Å². The van der Waals surface area contributed by atoms with Crippen molar-refractivity contribution in [3.8, 4) is 5.75 Å². The lowest BCUT2D eigenvalue weighted by Crippen LogP contribution is -2.57. The van der Waals surface area contributed by atoms with E-state index in [9.17, 15) is 24.8 Å². The Bertz CT molecular complexity index is 805. The number of rotatable bonds is 5. The fourth-order valence-electron chi connectivity index (χ4n) is 3.80. The van der Waals surface area contributed by atoms with Crippen LogP contribution in [0.15, 0.2) is 12.1 Å². The first-order chi connectivity index (χ1) is 13.5. The number of likely N-dealkylation sites (tertiary alicyclic amines) is 1. The third-order valence-corrected chi connectivity index (χ3v) is 4.97. The van der Waals surface area contributed by atoms with Crippen molar-refractivity contribution in [2.24, 2.45) is 0 Å². The second-order valence-electron chi connectivity index (χ2n) is 7.95. The number of carbonyl (C=O) groups excluding carboxylic acids is 1. The number of carboxylic acid groups (broad SMARTS) is 1. The van der Waals surface area contributed by atoms with Gasteiger partial charge in [-0.1, -0.05) is 0 Å². The normalized spacial score (nSPS) is 16.9. The first-order valence-corrected chi connectivity index (χ1v) is 9.37. The Morgan fingerprint density at radius 3 is 2.52 bits per heavy atom. The molecule has 10 heteroatoms. The summed E-state index contributed by atoms with van der Waals surface area (Å²) < 4.78 is 5.22. The monoisotopic (exact) mass is 408 g/mol. The van der Waals surface area contributed by atoms with Gasteiger partial charge in [-0.15, -0.1) is 0 Å². The van der Waals surface area contributed by atoms with Gasteiger partial charge in [-0.25, -0.2) is 4.79 Å². The van der Waals surface area contributed by atoms with Crippen molar-refractivity contribution in [3.63, 3.8) is 0 Å². The fraction of sp³-hybridized carbons (Fsp3) is 0.579. The van der Waals surface area contributed by atoms with E-state index in [0.29, 0.717) is 19.4 Å². The quantitative estimate of drug-likeness (QED) is 0.566. The molecule has 0 aliphatic carbocycles. The molecular weight excluding hydrogens is 380 g/mol. The number of benzene rings is 1. The predicted molar refractivity (Wildman–Crippen MR) is 108 cm³/mol. The summed E-state index contributed by atoms with van der Waals surface area (Å²) in [6.45, 7) is 6.12. The van der Waals surface area contributed by atoms with E-state index in [-0.39, 0.29) is 35.3 Å². The van der Waals surface area contributed by atoms with Gasteiger partial charge < -0.3 is 20.1 Å². The Hall–Kier alpha value is -3.04. The minimum atomic E-state index is -1.03. The summed E-state index contributed by atoms with van der Waals surface area (Å²) in [4.78, 5) is 38.7. The van der Waals surface area contributed by atoms with Crippen molar-refractivity contribution in [2.75, 3.05) is 32.6 Å². The predicted octanol–water partition coefficient (Wildman–Crippen LogP) is 3.03. The third kappa shape index (κ3) is 4.69. The molecule has 10 nitrogen and oxygen atoms in total. The number of methoxy groups -OCH3 is 1. The molecule has 160 valence electrons. The van der Waals surface area contributed by atoms with Crippen LogP contribution in [0.3, 0.4) is 0 Å². The highest BCUT2D eigenvalue weighted by molar-refractivity contribution is 5.97. The molecule has 0 radical (unpaired) electrons. The maximum absolute atomic E-state index is 13.1. The van der Waals surface area contributed by atoms with Gasteiger partial charge in [-0.05, 0) is 39.7 Å². The summed E-state index contributed by atoms with van der Waals surface area (Å²) in [6, 6.07) is 2.33. The van der Waals surface area contributed by atoms with E-state index in [2.05, 4.69) is 5.32 Å². The maximum atomic E-state index is 13.1. The Labute approximate surface area is 169 Å². The molecule has 1 aliphatic rings. The highest BCUT2D eigenvalue weighted by Gasteiger charge is 2.37. The van der Waals surface area contributed by atoms with Crippen molar-refractivity contribution in [2.45, 2.75) is 45.2 Å². The average Bonchev–Trinajstić information content (AvgIpc) is 2.64. The van der Waals surface area contributed by atoms with Crippen LogP contribution in [0.25, 0.3) is 0 Å². The highest BCUT2D eigenvalue weighted by atomic mass is 16.6. The molecule has 1 fully saturated rings. The van der Waals surface area contributed by atoms with Crippen LogP contribution < -0.4 is 10.1 Å². The minimum Gasteiger partial charge on any atom is -0.494 e. The summed E-state index contributed by atoms with van der Waals surface area (Å²) in [6.07, 6.45) is 0.257. The van der Waals surface area contributed by atoms with Gasteiger partial charge in [0.05, 0.1) is 23.6 Å². The van der Waals surface area contributed by atoms with E-state index < -0.39 is 22.5 Å². The molecule has 2 N–H and O–H groups in total.